The molecule has 1 aromatic heterocycles. The van der Waals surface area contributed by atoms with Crippen LogP contribution in [0.1, 0.15) is 13.3 Å². The largest absolute Gasteiger partial charge is 0.369 e. The van der Waals surface area contributed by atoms with Crippen LogP contribution >= 0.6 is 11.6 Å². The molecule has 1 N–H and O–H groups in total. The van der Waals surface area contributed by atoms with Gasteiger partial charge in [-0.2, -0.15) is 0 Å². The van der Waals surface area contributed by atoms with Crippen molar-refractivity contribution in [2.24, 2.45) is 0 Å². The van der Waals surface area contributed by atoms with Crippen LogP contribution in [0, 0.1) is 10.1 Å². The molecule has 0 aliphatic heterocycles. The van der Waals surface area contributed by atoms with Gasteiger partial charge in [-0.3, -0.25) is 24.5 Å². The maximum atomic E-state index is 11.5. The summed E-state index contributed by atoms with van der Waals surface area (Å²) in [6, 6.07) is 0. The lowest BCUT2D eigenvalue weighted by atomic mass is 10.4. The average Bonchev–Trinajstić information content (AvgIpc) is 2.11. The van der Waals surface area contributed by atoms with Crippen molar-refractivity contribution in [2.45, 2.75) is 19.9 Å². The Kier molecular flexibility index (Phi) is 3.25. The number of hydrogen-bond donors (Lipinski definition) is 1. The molecule has 0 radical (unpaired) electrons. The van der Waals surface area contributed by atoms with E-state index in [1.165, 1.54) is 0 Å². The van der Waals surface area contributed by atoms with Crippen LogP contribution in [-0.4, -0.2) is 14.5 Å². The highest BCUT2D eigenvalue weighted by atomic mass is 35.5. The van der Waals surface area contributed by atoms with Gasteiger partial charge in [0.15, 0.2) is 5.15 Å². The second-order valence-corrected chi connectivity index (χ2v) is 3.18. The number of nitro groups is 1. The third kappa shape index (κ3) is 2.07. The maximum absolute atomic E-state index is 11.5. The molecule has 82 valence electrons. The van der Waals surface area contributed by atoms with Crippen LogP contribution < -0.4 is 11.2 Å². The zero-order chi connectivity index (χ0) is 11.6. The van der Waals surface area contributed by atoms with Gasteiger partial charge in [0.2, 0.25) is 0 Å². The van der Waals surface area contributed by atoms with Gasteiger partial charge >= 0.3 is 16.9 Å². The van der Waals surface area contributed by atoms with E-state index in [0.29, 0.717) is 6.42 Å². The quantitative estimate of drug-likeness (QED) is 0.467. The summed E-state index contributed by atoms with van der Waals surface area (Å²) in [4.78, 5) is 34.3. The fourth-order valence-corrected chi connectivity index (χ4v) is 1.35. The summed E-state index contributed by atoms with van der Waals surface area (Å²) in [6.07, 6.45) is 0.516. The van der Waals surface area contributed by atoms with E-state index >= 15 is 0 Å². The molecule has 1 rings (SSSR count). The molecular weight excluding hydrogens is 226 g/mol. The number of nitrogens with zero attached hydrogens (tertiary/aromatic N) is 2. The van der Waals surface area contributed by atoms with Gasteiger partial charge < -0.3 is 0 Å². The highest BCUT2D eigenvalue weighted by Gasteiger charge is 2.22. The third-order valence-corrected chi connectivity index (χ3v) is 2.02. The Balaban J connectivity index is 3.57. The number of H-pyrrole nitrogens is 1. The van der Waals surface area contributed by atoms with Crippen molar-refractivity contribution in [1.29, 1.82) is 0 Å². The lowest BCUT2D eigenvalue weighted by molar-refractivity contribution is -0.386. The topological polar surface area (TPSA) is 98.0 Å². The van der Waals surface area contributed by atoms with Crippen molar-refractivity contribution < 1.29 is 4.92 Å². The zero-order valence-electron chi connectivity index (χ0n) is 7.82. The van der Waals surface area contributed by atoms with Crippen molar-refractivity contribution in [1.82, 2.24) is 9.55 Å². The molecular formula is C7H8ClN3O4. The van der Waals surface area contributed by atoms with E-state index < -0.39 is 27.0 Å². The second kappa shape index (κ2) is 4.26. The Morgan fingerprint density at radius 3 is 2.60 bits per heavy atom. The molecule has 0 spiro atoms. The van der Waals surface area contributed by atoms with Crippen molar-refractivity contribution in [3.05, 3.63) is 36.1 Å². The number of hydrogen-bond acceptors (Lipinski definition) is 4. The molecule has 7 nitrogen and oxygen atoms in total. The van der Waals surface area contributed by atoms with Gasteiger partial charge in [0.25, 0.3) is 0 Å². The van der Waals surface area contributed by atoms with Gasteiger partial charge in [-0.25, -0.2) is 4.79 Å². The molecule has 0 amide bonds. The van der Waals surface area contributed by atoms with Crippen molar-refractivity contribution in [2.75, 3.05) is 0 Å². The molecule has 0 saturated carbocycles. The van der Waals surface area contributed by atoms with E-state index in [1.807, 2.05) is 4.98 Å². The van der Waals surface area contributed by atoms with E-state index in [-0.39, 0.29) is 6.54 Å². The maximum Gasteiger partial charge on any atom is 0.369 e. The lowest BCUT2D eigenvalue weighted by Gasteiger charge is -2.02. The minimum Gasteiger partial charge on any atom is -0.292 e. The first-order valence-electron chi connectivity index (χ1n) is 4.16. The normalized spacial score (nSPS) is 10.3. The van der Waals surface area contributed by atoms with Gasteiger partial charge in [0.1, 0.15) is 0 Å². The first kappa shape index (κ1) is 11.4. The Bertz CT molecular complexity index is 504. The Labute approximate surface area is 88.5 Å². The Morgan fingerprint density at radius 2 is 2.13 bits per heavy atom. The fourth-order valence-electron chi connectivity index (χ4n) is 1.12. The Morgan fingerprint density at radius 1 is 1.53 bits per heavy atom. The van der Waals surface area contributed by atoms with Crippen molar-refractivity contribution in [3.63, 3.8) is 0 Å². The van der Waals surface area contributed by atoms with Gasteiger partial charge in [-0.15, -0.1) is 0 Å². The molecule has 0 unspecified atom stereocenters. The molecule has 0 atom stereocenters. The van der Waals surface area contributed by atoms with Crippen LogP contribution in [0.5, 0.6) is 0 Å². The molecule has 0 bridgehead atoms. The summed E-state index contributed by atoms with van der Waals surface area (Å²) in [5.41, 5.74) is -2.52. The van der Waals surface area contributed by atoms with Crippen molar-refractivity contribution in [3.8, 4) is 0 Å². The molecule has 1 aromatic rings. The molecule has 0 saturated heterocycles. The van der Waals surface area contributed by atoms with Crippen LogP contribution in [0.4, 0.5) is 5.69 Å². The predicted octanol–water partition coefficient (Wildman–Crippen LogP) is 0.508. The highest BCUT2D eigenvalue weighted by molar-refractivity contribution is 6.31. The minimum atomic E-state index is -0.976. The van der Waals surface area contributed by atoms with E-state index in [2.05, 4.69) is 0 Å². The fraction of sp³-hybridized carbons (Fsp3) is 0.429. The first-order chi connectivity index (χ1) is 6.99. The van der Waals surface area contributed by atoms with Gasteiger partial charge in [-0.1, -0.05) is 18.5 Å². The SMILES string of the molecule is CCCn1c(=O)[nH]c(Cl)c([N+](=O)[O-])c1=O. The molecule has 0 aliphatic carbocycles. The molecule has 1 heterocycles. The van der Waals surface area contributed by atoms with Gasteiger partial charge in [0.05, 0.1) is 4.92 Å². The van der Waals surface area contributed by atoms with Crippen LogP contribution in [0.15, 0.2) is 9.59 Å². The molecule has 15 heavy (non-hydrogen) atoms. The standard InChI is InChI=1S/C7H8ClN3O4/c1-2-3-10-6(12)4(11(14)15)5(8)9-7(10)13/h2-3H2,1H3,(H,9,13). The summed E-state index contributed by atoms with van der Waals surface area (Å²) in [7, 11) is 0. The number of halogens is 1. The highest BCUT2D eigenvalue weighted by Crippen LogP contribution is 2.13. The molecule has 8 heteroatoms. The number of aromatic nitrogens is 2. The predicted molar refractivity (Wildman–Crippen MR) is 53.3 cm³/mol. The van der Waals surface area contributed by atoms with E-state index in [1.54, 1.807) is 6.92 Å². The first-order valence-corrected chi connectivity index (χ1v) is 4.53. The van der Waals surface area contributed by atoms with Gasteiger partial charge in [0, 0.05) is 6.54 Å². The van der Waals surface area contributed by atoms with Crippen LogP contribution in [0.2, 0.25) is 5.15 Å². The summed E-state index contributed by atoms with van der Waals surface area (Å²) >= 11 is 5.39. The minimum absolute atomic E-state index is 0.117. The average molecular weight is 234 g/mol. The molecule has 0 fully saturated rings. The lowest BCUT2D eigenvalue weighted by Crippen LogP contribution is -2.36. The molecule has 0 aromatic carbocycles. The summed E-state index contributed by atoms with van der Waals surface area (Å²) in [5, 5.41) is 9.96. The monoisotopic (exact) mass is 233 g/mol. The van der Waals surface area contributed by atoms with E-state index in [9.17, 15) is 19.7 Å². The van der Waals surface area contributed by atoms with Crippen LogP contribution in [-0.2, 0) is 6.54 Å². The van der Waals surface area contributed by atoms with Crippen LogP contribution in [0.25, 0.3) is 0 Å². The zero-order valence-corrected chi connectivity index (χ0v) is 8.58. The van der Waals surface area contributed by atoms with E-state index in [4.69, 9.17) is 11.6 Å². The third-order valence-electron chi connectivity index (χ3n) is 1.75. The summed E-state index contributed by atoms with van der Waals surface area (Å²) in [6.45, 7) is 1.86. The van der Waals surface area contributed by atoms with Crippen LogP contribution in [0.3, 0.4) is 0 Å². The van der Waals surface area contributed by atoms with Gasteiger partial charge in [-0.05, 0) is 6.42 Å². The smallest absolute Gasteiger partial charge is 0.292 e. The van der Waals surface area contributed by atoms with Crippen molar-refractivity contribution >= 4 is 17.3 Å². The number of aromatic amines is 1. The second-order valence-electron chi connectivity index (χ2n) is 2.81. The number of nitrogens with one attached hydrogen (secondary N) is 1. The Hall–Kier alpha value is -1.63. The summed E-state index contributed by atoms with van der Waals surface area (Å²) in [5.74, 6) is 0. The molecule has 0 aliphatic rings. The van der Waals surface area contributed by atoms with E-state index in [0.717, 1.165) is 4.57 Å². The summed E-state index contributed by atoms with van der Waals surface area (Å²) < 4.78 is 0.754. The number of rotatable bonds is 3.